The molecule has 0 fully saturated rings. The number of aryl methyl sites for hydroxylation is 1. The van der Waals surface area contributed by atoms with E-state index in [2.05, 4.69) is 40.0 Å². The van der Waals surface area contributed by atoms with Gasteiger partial charge in [-0.1, -0.05) is 28.1 Å². The molecular formula is C11H10BrN. The summed E-state index contributed by atoms with van der Waals surface area (Å²) in [5.74, 6) is 0. The Kier molecular flexibility index (Phi) is 2.32. The van der Waals surface area contributed by atoms with Crippen molar-refractivity contribution in [3.63, 3.8) is 0 Å². The van der Waals surface area contributed by atoms with Crippen LogP contribution in [0.4, 0.5) is 0 Å². The highest BCUT2D eigenvalue weighted by molar-refractivity contribution is 9.08. The molecular weight excluding hydrogens is 226 g/mol. The second kappa shape index (κ2) is 3.46. The molecule has 0 N–H and O–H groups in total. The van der Waals surface area contributed by atoms with Crippen molar-refractivity contribution in [2.24, 2.45) is 0 Å². The van der Waals surface area contributed by atoms with Crippen molar-refractivity contribution in [3.8, 4) is 0 Å². The van der Waals surface area contributed by atoms with Crippen LogP contribution in [-0.4, -0.2) is 4.98 Å². The van der Waals surface area contributed by atoms with Crippen molar-refractivity contribution < 1.29 is 0 Å². The highest BCUT2D eigenvalue weighted by Crippen LogP contribution is 2.18. The average molecular weight is 236 g/mol. The zero-order valence-corrected chi connectivity index (χ0v) is 9.01. The molecule has 0 aliphatic heterocycles. The summed E-state index contributed by atoms with van der Waals surface area (Å²) in [5.41, 5.74) is 3.58. The van der Waals surface area contributed by atoms with E-state index in [-0.39, 0.29) is 0 Å². The first-order valence-electron chi connectivity index (χ1n) is 4.21. The van der Waals surface area contributed by atoms with Gasteiger partial charge in [0, 0.05) is 16.9 Å². The molecule has 0 spiro atoms. The highest BCUT2D eigenvalue weighted by atomic mass is 79.9. The van der Waals surface area contributed by atoms with Crippen LogP contribution < -0.4 is 0 Å². The second-order valence-corrected chi connectivity index (χ2v) is 3.68. The Hall–Kier alpha value is -0.890. The van der Waals surface area contributed by atoms with Crippen LogP contribution >= 0.6 is 15.9 Å². The van der Waals surface area contributed by atoms with Gasteiger partial charge in [-0.05, 0) is 30.2 Å². The summed E-state index contributed by atoms with van der Waals surface area (Å²) in [6.45, 7) is 2.11. The molecule has 2 heteroatoms. The second-order valence-electron chi connectivity index (χ2n) is 3.12. The van der Waals surface area contributed by atoms with E-state index in [1.54, 1.807) is 0 Å². The van der Waals surface area contributed by atoms with Gasteiger partial charge in [-0.25, -0.2) is 0 Å². The van der Waals surface area contributed by atoms with Crippen molar-refractivity contribution >= 4 is 26.8 Å². The van der Waals surface area contributed by atoms with Crippen LogP contribution in [-0.2, 0) is 5.33 Å². The molecule has 1 heterocycles. The summed E-state index contributed by atoms with van der Waals surface area (Å²) in [6, 6.07) is 8.38. The molecule has 66 valence electrons. The summed E-state index contributed by atoms with van der Waals surface area (Å²) >= 11 is 3.43. The fourth-order valence-electron chi connectivity index (χ4n) is 1.41. The van der Waals surface area contributed by atoms with Gasteiger partial charge in [0.25, 0.3) is 0 Å². The average Bonchev–Trinajstić information content (AvgIpc) is 2.18. The summed E-state index contributed by atoms with van der Waals surface area (Å²) in [6.07, 6.45) is 1.91. The first-order valence-corrected chi connectivity index (χ1v) is 5.33. The molecule has 1 nitrogen and oxygen atoms in total. The Morgan fingerprint density at radius 2 is 2.23 bits per heavy atom. The van der Waals surface area contributed by atoms with E-state index in [1.165, 1.54) is 16.5 Å². The van der Waals surface area contributed by atoms with Crippen LogP contribution in [0.2, 0.25) is 0 Å². The number of alkyl halides is 1. The van der Waals surface area contributed by atoms with Crippen molar-refractivity contribution in [2.75, 3.05) is 0 Å². The monoisotopic (exact) mass is 235 g/mol. The Morgan fingerprint density at radius 1 is 1.38 bits per heavy atom. The van der Waals surface area contributed by atoms with E-state index >= 15 is 0 Å². The quantitative estimate of drug-likeness (QED) is 0.691. The van der Waals surface area contributed by atoms with Gasteiger partial charge in [-0.2, -0.15) is 0 Å². The fourth-order valence-corrected chi connectivity index (χ4v) is 1.72. The minimum atomic E-state index is 0.865. The number of fused-ring (bicyclic) bond motifs is 1. The molecule has 0 radical (unpaired) electrons. The molecule has 0 unspecified atom stereocenters. The topological polar surface area (TPSA) is 12.9 Å². The van der Waals surface area contributed by atoms with E-state index in [0.717, 1.165) is 10.8 Å². The first kappa shape index (κ1) is 8.70. The lowest BCUT2D eigenvalue weighted by molar-refractivity contribution is 1.31. The third kappa shape index (κ3) is 1.59. The van der Waals surface area contributed by atoms with Gasteiger partial charge in [-0.15, -0.1) is 0 Å². The molecule has 0 aliphatic rings. The molecule has 0 saturated carbocycles. The Balaban J connectivity index is 2.74. The highest BCUT2D eigenvalue weighted by Gasteiger charge is 1.98. The lowest BCUT2D eigenvalue weighted by Gasteiger charge is -2.02. The molecule has 13 heavy (non-hydrogen) atoms. The third-order valence-electron chi connectivity index (χ3n) is 2.15. The van der Waals surface area contributed by atoms with Gasteiger partial charge in [-0.3, -0.25) is 4.98 Å². The molecule has 0 aliphatic carbocycles. The molecule has 0 bridgehead atoms. The lowest BCUT2D eigenvalue weighted by Crippen LogP contribution is -1.85. The van der Waals surface area contributed by atoms with E-state index in [4.69, 9.17) is 0 Å². The van der Waals surface area contributed by atoms with Gasteiger partial charge in [0.2, 0.25) is 0 Å². The van der Waals surface area contributed by atoms with Gasteiger partial charge < -0.3 is 0 Å². The fraction of sp³-hybridized carbons (Fsp3) is 0.182. The number of pyridine rings is 1. The standard InChI is InChI=1S/C11H10BrN/c1-8-3-2-4-11-10(8)5-9(6-12)7-13-11/h2-5,7H,6H2,1H3. The van der Waals surface area contributed by atoms with Gasteiger partial charge in [0.05, 0.1) is 5.52 Å². The van der Waals surface area contributed by atoms with Gasteiger partial charge in [0.15, 0.2) is 0 Å². The number of rotatable bonds is 1. The molecule has 0 saturated heterocycles. The maximum absolute atomic E-state index is 4.38. The largest absolute Gasteiger partial charge is 0.256 e. The lowest BCUT2D eigenvalue weighted by atomic mass is 10.1. The smallest absolute Gasteiger partial charge is 0.0704 e. The molecule has 0 amide bonds. The Bertz CT molecular complexity index is 437. The number of halogens is 1. The van der Waals surface area contributed by atoms with Crippen LogP contribution in [0, 0.1) is 6.92 Å². The molecule has 1 aromatic carbocycles. The molecule has 1 aromatic heterocycles. The maximum Gasteiger partial charge on any atom is 0.0704 e. The van der Waals surface area contributed by atoms with Crippen LogP contribution in [0.1, 0.15) is 11.1 Å². The minimum Gasteiger partial charge on any atom is -0.256 e. The summed E-state index contributed by atoms with van der Waals surface area (Å²) in [5, 5.41) is 2.11. The normalized spacial score (nSPS) is 10.6. The summed E-state index contributed by atoms with van der Waals surface area (Å²) < 4.78 is 0. The number of hydrogen-bond donors (Lipinski definition) is 0. The zero-order chi connectivity index (χ0) is 9.26. The van der Waals surface area contributed by atoms with E-state index < -0.39 is 0 Å². The first-order chi connectivity index (χ1) is 6.31. The van der Waals surface area contributed by atoms with Crippen LogP contribution in [0.5, 0.6) is 0 Å². The van der Waals surface area contributed by atoms with Crippen molar-refractivity contribution in [3.05, 3.63) is 41.6 Å². The van der Waals surface area contributed by atoms with E-state index in [1.807, 2.05) is 18.3 Å². The van der Waals surface area contributed by atoms with E-state index in [0.29, 0.717) is 0 Å². The van der Waals surface area contributed by atoms with Gasteiger partial charge >= 0.3 is 0 Å². The Morgan fingerprint density at radius 3 is 3.00 bits per heavy atom. The van der Waals surface area contributed by atoms with Crippen molar-refractivity contribution in [2.45, 2.75) is 12.3 Å². The number of hydrogen-bond acceptors (Lipinski definition) is 1. The molecule has 0 atom stereocenters. The SMILES string of the molecule is Cc1cccc2ncc(CBr)cc12. The predicted octanol–water partition coefficient (Wildman–Crippen LogP) is 3.44. The summed E-state index contributed by atoms with van der Waals surface area (Å²) in [7, 11) is 0. The Labute approximate surface area is 85.9 Å². The number of nitrogens with zero attached hydrogens (tertiary/aromatic N) is 1. The maximum atomic E-state index is 4.38. The number of benzene rings is 1. The zero-order valence-electron chi connectivity index (χ0n) is 7.42. The minimum absolute atomic E-state index is 0.865. The summed E-state index contributed by atoms with van der Waals surface area (Å²) in [4.78, 5) is 4.38. The predicted molar refractivity (Wildman–Crippen MR) is 59.1 cm³/mol. The van der Waals surface area contributed by atoms with Crippen LogP contribution in [0.3, 0.4) is 0 Å². The van der Waals surface area contributed by atoms with Crippen molar-refractivity contribution in [1.82, 2.24) is 4.98 Å². The number of aromatic nitrogens is 1. The van der Waals surface area contributed by atoms with Gasteiger partial charge in [0.1, 0.15) is 0 Å². The molecule has 2 rings (SSSR count). The van der Waals surface area contributed by atoms with E-state index in [9.17, 15) is 0 Å². The molecule has 2 aromatic rings. The third-order valence-corrected chi connectivity index (χ3v) is 2.80. The van der Waals surface area contributed by atoms with Crippen LogP contribution in [0.25, 0.3) is 10.9 Å². The van der Waals surface area contributed by atoms with Crippen LogP contribution in [0.15, 0.2) is 30.5 Å². The van der Waals surface area contributed by atoms with Crippen molar-refractivity contribution in [1.29, 1.82) is 0 Å².